The van der Waals surface area contributed by atoms with Crippen molar-refractivity contribution in [3.8, 4) is 0 Å². The monoisotopic (exact) mass is 340 g/mol. The molecule has 2 fully saturated rings. The number of hydrogen-bond donors (Lipinski definition) is 3. The molecule has 1 saturated heterocycles. The minimum absolute atomic E-state index is 0.169. The predicted octanol–water partition coefficient (Wildman–Crippen LogP) is 1.45. The first kappa shape index (κ1) is 18.8. The molecule has 0 radical (unpaired) electrons. The molecule has 24 heavy (non-hydrogen) atoms. The number of ether oxygens (including phenoxy) is 1. The van der Waals surface area contributed by atoms with Crippen molar-refractivity contribution in [3.63, 3.8) is 0 Å². The first-order valence-corrected chi connectivity index (χ1v) is 9.11. The Morgan fingerprint density at radius 1 is 1.38 bits per heavy atom. The molecule has 0 bridgehead atoms. The molecular formula is C17H32N4O3. The van der Waals surface area contributed by atoms with Crippen LogP contribution in [0.5, 0.6) is 0 Å². The summed E-state index contributed by atoms with van der Waals surface area (Å²) in [6.45, 7) is 6.19. The second kappa shape index (κ2) is 8.55. The first-order valence-electron chi connectivity index (χ1n) is 9.11. The highest BCUT2D eigenvalue weighted by Crippen LogP contribution is 2.36. The second-order valence-corrected chi connectivity index (χ2v) is 7.22. The summed E-state index contributed by atoms with van der Waals surface area (Å²) in [5.41, 5.74) is 5.85. The van der Waals surface area contributed by atoms with Gasteiger partial charge in [-0.1, -0.05) is 19.8 Å². The molecule has 0 aromatic heterocycles. The van der Waals surface area contributed by atoms with Crippen LogP contribution in [0, 0.1) is 5.41 Å². The summed E-state index contributed by atoms with van der Waals surface area (Å²) in [4.78, 5) is 17.9. The minimum atomic E-state index is -0.296. The Morgan fingerprint density at radius 2 is 2.08 bits per heavy atom. The SMILES string of the molecule is CCOC(=O)N1CCC(NC(N)=NCC2(C)CCCCC2O)CC1. The van der Waals surface area contributed by atoms with Gasteiger partial charge in [-0.25, -0.2) is 4.79 Å². The fourth-order valence-corrected chi connectivity index (χ4v) is 3.51. The van der Waals surface area contributed by atoms with Crippen LogP contribution in [0.15, 0.2) is 4.99 Å². The average molecular weight is 340 g/mol. The topological polar surface area (TPSA) is 100 Å². The number of nitrogens with two attached hydrogens (primary N) is 1. The van der Waals surface area contributed by atoms with Gasteiger partial charge in [-0.2, -0.15) is 0 Å². The number of aliphatic hydroxyl groups is 1. The lowest BCUT2D eigenvalue weighted by atomic mass is 9.73. The van der Waals surface area contributed by atoms with Crippen molar-refractivity contribution in [1.82, 2.24) is 10.2 Å². The fourth-order valence-electron chi connectivity index (χ4n) is 3.51. The zero-order chi connectivity index (χ0) is 17.6. The Hall–Kier alpha value is -1.50. The van der Waals surface area contributed by atoms with Gasteiger partial charge in [0.25, 0.3) is 0 Å². The van der Waals surface area contributed by atoms with Gasteiger partial charge in [0.05, 0.1) is 19.3 Å². The van der Waals surface area contributed by atoms with E-state index in [0.717, 1.165) is 38.5 Å². The fraction of sp³-hybridized carbons (Fsp3) is 0.882. The molecule has 2 unspecified atom stereocenters. The van der Waals surface area contributed by atoms with Crippen molar-refractivity contribution >= 4 is 12.1 Å². The number of nitrogens with one attached hydrogen (secondary N) is 1. The number of aliphatic imine (C=N–C) groups is 1. The van der Waals surface area contributed by atoms with Gasteiger partial charge < -0.3 is 25.8 Å². The number of likely N-dealkylation sites (tertiary alicyclic amines) is 1. The van der Waals surface area contributed by atoms with E-state index in [1.165, 1.54) is 0 Å². The number of carbonyl (C=O) groups excluding carboxylic acids is 1. The molecule has 0 aromatic rings. The third-order valence-electron chi connectivity index (χ3n) is 5.26. The van der Waals surface area contributed by atoms with Gasteiger partial charge in [-0.05, 0) is 32.6 Å². The van der Waals surface area contributed by atoms with Crippen molar-refractivity contribution in [1.29, 1.82) is 0 Å². The molecule has 2 atom stereocenters. The molecule has 2 rings (SSSR count). The molecular weight excluding hydrogens is 308 g/mol. The van der Waals surface area contributed by atoms with Crippen LogP contribution >= 0.6 is 0 Å². The molecule has 1 amide bonds. The van der Waals surface area contributed by atoms with Crippen LogP contribution in [-0.4, -0.2) is 60.4 Å². The van der Waals surface area contributed by atoms with Gasteiger partial charge in [-0.3, -0.25) is 4.99 Å². The van der Waals surface area contributed by atoms with E-state index in [0.29, 0.717) is 32.2 Å². The number of guanidine groups is 1. The van der Waals surface area contributed by atoms with E-state index in [2.05, 4.69) is 17.2 Å². The minimum Gasteiger partial charge on any atom is -0.450 e. The summed E-state index contributed by atoms with van der Waals surface area (Å²) in [7, 11) is 0. The summed E-state index contributed by atoms with van der Waals surface area (Å²) < 4.78 is 5.02. The number of carbonyl (C=O) groups is 1. The number of rotatable bonds is 4. The van der Waals surface area contributed by atoms with Crippen LogP contribution in [0.25, 0.3) is 0 Å². The van der Waals surface area contributed by atoms with Crippen LogP contribution in [0.1, 0.15) is 52.4 Å². The maximum atomic E-state index is 11.7. The van der Waals surface area contributed by atoms with E-state index in [-0.39, 0.29) is 23.7 Å². The highest BCUT2D eigenvalue weighted by molar-refractivity contribution is 5.78. The third-order valence-corrected chi connectivity index (χ3v) is 5.26. The van der Waals surface area contributed by atoms with Crippen molar-refractivity contribution < 1.29 is 14.6 Å². The van der Waals surface area contributed by atoms with Gasteiger partial charge >= 0.3 is 6.09 Å². The van der Waals surface area contributed by atoms with E-state index in [4.69, 9.17) is 10.5 Å². The highest BCUT2D eigenvalue weighted by Gasteiger charge is 2.35. The molecule has 138 valence electrons. The average Bonchev–Trinajstić information content (AvgIpc) is 2.57. The molecule has 0 aromatic carbocycles. The molecule has 1 saturated carbocycles. The normalized spacial score (nSPS) is 29.4. The van der Waals surface area contributed by atoms with Crippen LogP contribution in [-0.2, 0) is 4.74 Å². The molecule has 2 aliphatic rings. The Kier molecular flexibility index (Phi) is 6.71. The maximum Gasteiger partial charge on any atom is 0.409 e. The van der Waals surface area contributed by atoms with E-state index in [1.54, 1.807) is 4.90 Å². The molecule has 1 heterocycles. The predicted molar refractivity (Wildman–Crippen MR) is 93.8 cm³/mol. The smallest absolute Gasteiger partial charge is 0.409 e. The van der Waals surface area contributed by atoms with Crippen molar-refractivity contribution in [2.45, 2.75) is 64.5 Å². The zero-order valence-electron chi connectivity index (χ0n) is 15.0. The lowest BCUT2D eigenvalue weighted by molar-refractivity contribution is 0.00718. The van der Waals surface area contributed by atoms with Gasteiger partial charge in [0, 0.05) is 24.5 Å². The van der Waals surface area contributed by atoms with Crippen molar-refractivity contribution in [2.75, 3.05) is 26.2 Å². The van der Waals surface area contributed by atoms with Gasteiger partial charge in [0.2, 0.25) is 0 Å². The Bertz CT molecular complexity index is 449. The molecule has 1 aliphatic carbocycles. The quantitative estimate of drug-likeness (QED) is 0.531. The lowest BCUT2D eigenvalue weighted by Crippen LogP contribution is -2.49. The maximum absolute atomic E-state index is 11.7. The number of piperidine rings is 1. The Morgan fingerprint density at radius 3 is 2.71 bits per heavy atom. The largest absolute Gasteiger partial charge is 0.450 e. The van der Waals surface area contributed by atoms with Gasteiger partial charge in [0.1, 0.15) is 0 Å². The number of nitrogens with zero attached hydrogens (tertiary/aromatic N) is 2. The van der Waals surface area contributed by atoms with E-state index in [9.17, 15) is 9.90 Å². The summed E-state index contributed by atoms with van der Waals surface area (Å²) in [5.74, 6) is 0.434. The highest BCUT2D eigenvalue weighted by atomic mass is 16.6. The number of hydrogen-bond acceptors (Lipinski definition) is 4. The van der Waals surface area contributed by atoms with Crippen LogP contribution in [0.4, 0.5) is 4.79 Å². The van der Waals surface area contributed by atoms with Crippen LogP contribution < -0.4 is 11.1 Å². The van der Waals surface area contributed by atoms with E-state index in [1.807, 2.05) is 6.92 Å². The summed E-state index contributed by atoms with van der Waals surface area (Å²) in [6.07, 6.45) is 5.20. The van der Waals surface area contributed by atoms with E-state index >= 15 is 0 Å². The molecule has 7 nitrogen and oxygen atoms in total. The molecule has 7 heteroatoms. The van der Waals surface area contributed by atoms with E-state index < -0.39 is 0 Å². The number of aliphatic hydroxyl groups excluding tert-OH is 1. The van der Waals surface area contributed by atoms with Crippen molar-refractivity contribution in [3.05, 3.63) is 0 Å². The first-order chi connectivity index (χ1) is 11.4. The van der Waals surface area contributed by atoms with Crippen LogP contribution in [0.3, 0.4) is 0 Å². The molecule has 0 spiro atoms. The Labute approximate surface area is 144 Å². The summed E-state index contributed by atoms with van der Waals surface area (Å²) >= 11 is 0. The number of amides is 1. The van der Waals surface area contributed by atoms with Crippen molar-refractivity contribution in [2.24, 2.45) is 16.1 Å². The van der Waals surface area contributed by atoms with Gasteiger partial charge in [0.15, 0.2) is 5.96 Å². The summed E-state index contributed by atoms with van der Waals surface area (Å²) in [5, 5.41) is 13.5. The molecule has 1 aliphatic heterocycles. The standard InChI is InChI=1S/C17H32N4O3/c1-3-24-16(23)21-10-7-13(8-11-21)20-15(18)19-12-17(2)9-5-4-6-14(17)22/h13-14,22H,3-12H2,1-2H3,(H3,18,19,20). The lowest BCUT2D eigenvalue weighted by Gasteiger charge is -2.37. The van der Waals surface area contributed by atoms with Gasteiger partial charge in [-0.15, -0.1) is 0 Å². The molecule has 4 N–H and O–H groups in total. The zero-order valence-corrected chi connectivity index (χ0v) is 15.0. The Balaban J connectivity index is 1.76. The van der Waals surface area contributed by atoms with Crippen LogP contribution in [0.2, 0.25) is 0 Å². The summed E-state index contributed by atoms with van der Waals surface area (Å²) in [6, 6.07) is 0.225. The second-order valence-electron chi connectivity index (χ2n) is 7.22. The third kappa shape index (κ3) is 5.00.